The summed E-state index contributed by atoms with van der Waals surface area (Å²) < 4.78 is 8.02. The van der Waals surface area contributed by atoms with Crippen LogP contribution in [0.2, 0.25) is 33.2 Å². The van der Waals surface area contributed by atoms with E-state index in [-0.39, 0.29) is 0 Å². The van der Waals surface area contributed by atoms with Crippen molar-refractivity contribution in [2.45, 2.75) is 155 Å². The van der Waals surface area contributed by atoms with Gasteiger partial charge in [-0.15, -0.1) is 0 Å². The Morgan fingerprint density at radius 1 is 0.407 bits per heavy atom. The second-order valence-electron chi connectivity index (χ2n) is 9.66. The van der Waals surface area contributed by atoms with Crippen LogP contribution in [0, 0.1) is 0 Å². The Bertz CT molecular complexity index is 309. The molecule has 164 valence electrons. The zero-order chi connectivity index (χ0) is 21.4. The van der Waals surface area contributed by atoms with Crippen molar-refractivity contribution in [1.29, 1.82) is 0 Å². The van der Waals surface area contributed by atoms with Crippen molar-refractivity contribution in [1.82, 2.24) is 0 Å². The van der Waals surface area contributed by atoms with E-state index >= 15 is 0 Å². The van der Waals surface area contributed by atoms with Gasteiger partial charge < -0.3 is 4.12 Å². The van der Waals surface area contributed by atoms with Crippen molar-refractivity contribution in [2.75, 3.05) is 0 Å². The van der Waals surface area contributed by atoms with Crippen LogP contribution in [0.15, 0.2) is 0 Å². The molecule has 0 rings (SSSR count). The lowest BCUT2D eigenvalue weighted by Crippen LogP contribution is -2.62. The molecule has 27 heavy (non-hydrogen) atoms. The first-order valence-electron chi connectivity index (χ1n) is 12.3. The fraction of sp³-hybridized carbons (Fsp3) is 1.00. The molecule has 6 atom stereocenters. The third kappa shape index (κ3) is 5.31. The van der Waals surface area contributed by atoms with E-state index in [4.69, 9.17) is 4.12 Å². The van der Waals surface area contributed by atoms with E-state index in [1.165, 1.54) is 38.5 Å². The van der Waals surface area contributed by atoms with Gasteiger partial charge in [0.05, 0.1) is 0 Å². The highest BCUT2D eigenvalue weighted by Gasteiger charge is 2.57. The second-order valence-corrected chi connectivity index (χ2v) is 19.8. The first-order valence-corrected chi connectivity index (χ1v) is 16.6. The predicted octanol–water partition coefficient (Wildman–Crippen LogP) is 9.69. The normalized spacial score (nSPS) is 23.6. The van der Waals surface area contributed by atoms with Crippen molar-refractivity contribution in [3.8, 4) is 0 Å². The van der Waals surface area contributed by atoms with Gasteiger partial charge in [-0.3, -0.25) is 0 Å². The predicted molar refractivity (Wildman–Crippen MR) is 131 cm³/mol. The molecule has 6 unspecified atom stereocenters. The Hall–Kier alpha value is 0.394. The molecule has 0 aliphatic carbocycles. The van der Waals surface area contributed by atoms with Gasteiger partial charge in [0.15, 0.2) is 16.6 Å². The summed E-state index contributed by atoms with van der Waals surface area (Å²) in [5.41, 5.74) is 4.45. The quantitative estimate of drug-likeness (QED) is 0.257. The molecule has 0 aromatic heterocycles. The van der Waals surface area contributed by atoms with Crippen LogP contribution in [0.1, 0.15) is 122 Å². The van der Waals surface area contributed by atoms with E-state index in [2.05, 4.69) is 83.1 Å². The standard InChI is InChI=1S/C24H54OSi2/c1-13-19(7)26(20(8)14-2,21(9)15-3)25-27(22(10)16-4,23(11)17-5)24(12)18-6/h19-24H,13-18H2,1-12H3. The largest absolute Gasteiger partial charge is 0.454 e. The Labute approximate surface area is 175 Å². The molecule has 0 heterocycles. The van der Waals surface area contributed by atoms with Gasteiger partial charge in [-0.05, 0) is 33.2 Å². The zero-order valence-electron chi connectivity index (χ0n) is 21.1. The van der Waals surface area contributed by atoms with E-state index in [1.807, 2.05) is 0 Å². The van der Waals surface area contributed by atoms with Crippen molar-refractivity contribution >= 4 is 16.6 Å². The van der Waals surface area contributed by atoms with Crippen LogP contribution in [0.4, 0.5) is 0 Å². The molecule has 0 spiro atoms. The summed E-state index contributed by atoms with van der Waals surface area (Å²) in [6.45, 7) is 29.6. The lowest BCUT2D eigenvalue weighted by molar-refractivity contribution is 0.394. The summed E-state index contributed by atoms with van der Waals surface area (Å²) in [6.07, 6.45) is 7.62. The van der Waals surface area contributed by atoms with E-state index in [0.29, 0.717) is 0 Å². The number of hydrogen-bond donors (Lipinski definition) is 0. The maximum atomic E-state index is 8.02. The Morgan fingerprint density at radius 3 is 0.667 bits per heavy atom. The molecule has 0 radical (unpaired) electrons. The second kappa shape index (κ2) is 12.2. The lowest BCUT2D eigenvalue weighted by Gasteiger charge is -2.56. The van der Waals surface area contributed by atoms with Crippen LogP contribution in [0.25, 0.3) is 0 Å². The summed E-state index contributed by atoms with van der Waals surface area (Å²) in [7, 11) is -3.83. The first-order chi connectivity index (χ1) is 12.6. The SMILES string of the molecule is CCC(C)[Si](O[Si](C(C)CC)(C(C)CC)C(C)CC)(C(C)CC)C(C)CC. The lowest BCUT2D eigenvalue weighted by atomic mass is 10.3. The molecule has 0 aliphatic rings. The third-order valence-corrected chi connectivity index (χ3v) is 23.2. The van der Waals surface area contributed by atoms with Gasteiger partial charge in [-0.2, -0.15) is 0 Å². The fourth-order valence-electron chi connectivity index (χ4n) is 5.74. The first kappa shape index (κ1) is 27.4. The average Bonchev–Trinajstić information content (AvgIpc) is 2.71. The maximum Gasteiger partial charge on any atom is 0.188 e. The number of rotatable bonds is 14. The van der Waals surface area contributed by atoms with Gasteiger partial charge in [0, 0.05) is 0 Å². The van der Waals surface area contributed by atoms with Crippen LogP contribution >= 0.6 is 0 Å². The Balaban J connectivity index is 6.73. The summed E-state index contributed by atoms with van der Waals surface area (Å²) >= 11 is 0. The van der Waals surface area contributed by atoms with Gasteiger partial charge in [-0.1, -0.05) is 122 Å². The van der Waals surface area contributed by atoms with E-state index < -0.39 is 16.6 Å². The zero-order valence-corrected chi connectivity index (χ0v) is 23.1. The van der Waals surface area contributed by atoms with Crippen molar-refractivity contribution in [2.24, 2.45) is 0 Å². The van der Waals surface area contributed by atoms with Crippen LogP contribution in [-0.4, -0.2) is 16.6 Å². The maximum absolute atomic E-state index is 8.02. The van der Waals surface area contributed by atoms with Crippen molar-refractivity contribution < 1.29 is 4.12 Å². The highest BCUT2D eigenvalue weighted by atomic mass is 28.4. The average molecular weight is 415 g/mol. The highest BCUT2D eigenvalue weighted by Crippen LogP contribution is 2.55. The van der Waals surface area contributed by atoms with Crippen molar-refractivity contribution in [3.63, 3.8) is 0 Å². The van der Waals surface area contributed by atoms with Crippen LogP contribution in [0.5, 0.6) is 0 Å². The number of hydrogen-bond acceptors (Lipinski definition) is 1. The molecule has 0 saturated heterocycles. The summed E-state index contributed by atoms with van der Waals surface area (Å²) in [4.78, 5) is 0. The van der Waals surface area contributed by atoms with Crippen LogP contribution in [0.3, 0.4) is 0 Å². The third-order valence-electron chi connectivity index (χ3n) is 8.65. The van der Waals surface area contributed by atoms with Crippen molar-refractivity contribution in [3.05, 3.63) is 0 Å². The molecule has 0 fully saturated rings. The molecule has 0 saturated carbocycles. The summed E-state index contributed by atoms with van der Waals surface area (Å²) in [5.74, 6) is 0. The molecule has 0 aromatic carbocycles. The minimum atomic E-state index is -1.92. The molecular weight excluding hydrogens is 360 g/mol. The summed E-state index contributed by atoms with van der Waals surface area (Å²) in [6, 6.07) is 0. The minimum absolute atomic E-state index is 0.742. The van der Waals surface area contributed by atoms with Gasteiger partial charge in [0.1, 0.15) is 0 Å². The summed E-state index contributed by atoms with van der Waals surface area (Å²) in [5, 5.41) is 0. The molecule has 3 heteroatoms. The van der Waals surface area contributed by atoms with E-state index in [1.54, 1.807) is 0 Å². The smallest absolute Gasteiger partial charge is 0.188 e. The Kier molecular flexibility index (Phi) is 12.3. The monoisotopic (exact) mass is 414 g/mol. The van der Waals surface area contributed by atoms with Gasteiger partial charge in [0.2, 0.25) is 0 Å². The van der Waals surface area contributed by atoms with E-state index in [0.717, 1.165) is 33.2 Å². The van der Waals surface area contributed by atoms with Crippen LogP contribution in [-0.2, 0) is 4.12 Å². The molecule has 0 amide bonds. The van der Waals surface area contributed by atoms with Gasteiger partial charge in [0.25, 0.3) is 0 Å². The Morgan fingerprint density at radius 2 is 0.556 bits per heavy atom. The molecule has 0 N–H and O–H groups in total. The molecule has 0 aromatic rings. The van der Waals surface area contributed by atoms with Gasteiger partial charge >= 0.3 is 0 Å². The fourth-order valence-corrected chi connectivity index (χ4v) is 22.7. The minimum Gasteiger partial charge on any atom is -0.454 e. The van der Waals surface area contributed by atoms with Gasteiger partial charge in [-0.25, -0.2) is 0 Å². The molecule has 0 bridgehead atoms. The van der Waals surface area contributed by atoms with Crippen LogP contribution < -0.4 is 0 Å². The van der Waals surface area contributed by atoms with E-state index in [9.17, 15) is 0 Å². The topological polar surface area (TPSA) is 9.23 Å². The molecule has 0 aliphatic heterocycles. The molecular formula is C24H54OSi2. The molecule has 1 nitrogen and oxygen atoms in total. The highest BCUT2D eigenvalue weighted by molar-refractivity contribution is 6.91.